The Bertz CT molecular complexity index is 339. The lowest BCUT2D eigenvalue weighted by Crippen LogP contribution is -2.13. The Labute approximate surface area is 109 Å². The molecule has 0 N–H and O–H groups in total. The second kappa shape index (κ2) is 6.77. The highest BCUT2D eigenvalue weighted by atomic mass is 19.1. The van der Waals surface area contributed by atoms with Gasteiger partial charge in [-0.25, -0.2) is 4.39 Å². The first kappa shape index (κ1) is 13.4. The Morgan fingerprint density at radius 2 is 1.78 bits per heavy atom. The van der Waals surface area contributed by atoms with E-state index in [1.807, 2.05) is 12.1 Å². The van der Waals surface area contributed by atoms with Crippen LogP contribution >= 0.6 is 0 Å². The Morgan fingerprint density at radius 3 is 2.33 bits per heavy atom. The SMILES string of the molecule is CCCC1CCC(c2ccc(OCF)cc2)CC1. The molecule has 1 nitrogen and oxygen atoms in total. The summed E-state index contributed by atoms with van der Waals surface area (Å²) in [6.45, 7) is 1.52. The molecule has 0 saturated heterocycles. The quantitative estimate of drug-likeness (QED) is 0.709. The molecule has 0 bridgehead atoms. The zero-order valence-corrected chi connectivity index (χ0v) is 11.2. The first-order chi connectivity index (χ1) is 8.83. The maximum atomic E-state index is 12.0. The van der Waals surface area contributed by atoms with Crippen LogP contribution in [0, 0.1) is 5.92 Å². The normalized spacial score (nSPS) is 23.9. The van der Waals surface area contributed by atoms with E-state index < -0.39 is 6.86 Å². The van der Waals surface area contributed by atoms with Crippen LogP contribution in [0.15, 0.2) is 24.3 Å². The van der Waals surface area contributed by atoms with E-state index in [4.69, 9.17) is 4.74 Å². The lowest BCUT2D eigenvalue weighted by atomic mass is 9.77. The van der Waals surface area contributed by atoms with Crippen LogP contribution in [0.4, 0.5) is 4.39 Å². The zero-order valence-electron chi connectivity index (χ0n) is 11.2. The van der Waals surface area contributed by atoms with E-state index in [0.717, 1.165) is 5.92 Å². The largest absolute Gasteiger partial charge is 0.463 e. The molecule has 2 rings (SSSR count). The standard InChI is InChI=1S/C16H23FO/c1-2-3-13-4-6-14(7-5-13)15-8-10-16(11-9-15)18-12-17/h8-11,13-14H,2-7,12H2,1H3. The smallest absolute Gasteiger partial charge is 0.228 e. The lowest BCUT2D eigenvalue weighted by molar-refractivity contribution is 0.191. The van der Waals surface area contributed by atoms with E-state index in [1.54, 1.807) is 0 Å². The van der Waals surface area contributed by atoms with Gasteiger partial charge in [-0.1, -0.05) is 31.9 Å². The fourth-order valence-electron chi connectivity index (χ4n) is 3.09. The van der Waals surface area contributed by atoms with Crippen molar-refractivity contribution in [1.29, 1.82) is 0 Å². The molecule has 1 aromatic carbocycles. The van der Waals surface area contributed by atoms with E-state index in [1.165, 1.54) is 44.1 Å². The van der Waals surface area contributed by atoms with Crippen molar-refractivity contribution in [3.63, 3.8) is 0 Å². The molecule has 0 aliphatic heterocycles. The van der Waals surface area contributed by atoms with E-state index >= 15 is 0 Å². The summed E-state index contributed by atoms with van der Waals surface area (Å²) in [5.74, 6) is 2.26. The summed E-state index contributed by atoms with van der Waals surface area (Å²) in [6.07, 6.45) is 8.02. The predicted molar refractivity (Wildman–Crippen MR) is 72.7 cm³/mol. The molecular formula is C16H23FO. The molecule has 1 aromatic rings. The van der Waals surface area contributed by atoms with Gasteiger partial charge in [0, 0.05) is 0 Å². The summed E-state index contributed by atoms with van der Waals surface area (Å²) < 4.78 is 16.9. The van der Waals surface area contributed by atoms with Gasteiger partial charge < -0.3 is 4.74 Å². The van der Waals surface area contributed by atoms with Crippen molar-refractivity contribution in [2.24, 2.45) is 5.92 Å². The molecule has 18 heavy (non-hydrogen) atoms. The molecule has 2 heteroatoms. The topological polar surface area (TPSA) is 9.23 Å². The molecule has 1 aliphatic carbocycles. The molecule has 1 saturated carbocycles. The third-order valence-electron chi connectivity index (χ3n) is 4.12. The molecule has 0 atom stereocenters. The number of benzene rings is 1. The minimum atomic E-state index is -0.749. The van der Waals surface area contributed by atoms with Gasteiger partial charge in [0.15, 0.2) is 0 Å². The highest BCUT2D eigenvalue weighted by Crippen LogP contribution is 2.37. The number of alkyl halides is 1. The van der Waals surface area contributed by atoms with Gasteiger partial charge in [-0.2, -0.15) is 0 Å². The summed E-state index contributed by atoms with van der Waals surface area (Å²) in [5, 5.41) is 0. The van der Waals surface area contributed by atoms with E-state index in [9.17, 15) is 4.39 Å². The summed E-state index contributed by atoms with van der Waals surface area (Å²) in [6, 6.07) is 7.95. The number of halogens is 1. The third kappa shape index (κ3) is 3.47. The van der Waals surface area contributed by atoms with Crippen LogP contribution in [0.5, 0.6) is 5.75 Å². The third-order valence-corrected chi connectivity index (χ3v) is 4.12. The van der Waals surface area contributed by atoms with Crippen molar-refractivity contribution in [3.05, 3.63) is 29.8 Å². The van der Waals surface area contributed by atoms with Crippen molar-refractivity contribution >= 4 is 0 Å². The van der Waals surface area contributed by atoms with Gasteiger partial charge in [-0.05, 0) is 55.2 Å². The van der Waals surface area contributed by atoms with E-state index in [0.29, 0.717) is 11.7 Å². The van der Waals surface area contributed by atoms with Gasteiger partial charge in [0.05, 0.1) is 0 Å². The Hall–Kier alpha value is -1.05. The molecule has 0 aromatic heterocycles. The van der Waals surface area contributed by atoms with Crippen LogP contribution in [0.25, 0.3) is 0 Å². The number of hydrogen-bond donors (Lipinski definition) is 0. The first-order valence-electron chi connectivity index (χ1n) is 7.12. The van der Waals surface area contributed by atoms with Gasteiger partial charge in [-0.3, -0.25) is 0 Å². The van der Waals surface area contributed by atoms with Gasteiger partial charge >= 0.3 is 0 Å². The Kier molecular flexibility index (Phi) is 5.03. The summed E-state index contributed by atoms with van der Waals surface area (Å²) in [7, 11) is 0. The van der Waals surface area contributed by atoms with Crippen LogP contribution in [0.1, 0.15) is 56.9 Å². The summed E-state index contributed by atoms with van der Waals surface area (Å²) in [5.41, 5.74) is 1.39. The van der Waals surface area contributed by atoms with Crippen molar-refractivity contribution in [2.75, 3.05) is 6.86 Å². The lowest BCUT2D eigenvalue weighted by Gasteiger charge is -2.28. The molecule has 0 radical (unpaired) electrons. The summed E-state index contributed by atoms with van der Waals surface area (Å²) >= 11 is 0. The fraction of sp³-hybridized carbons (Fsp3) is 0.625. The van der Waals surface area contributed by atoms with Gasteiger partial charge in [0.1, 0.15) is 5.75 Å². The maximum Gasteiger partial charge on any atom is 0.228 e. The van der Waals surface area contributed by atoms with Gasteiger partial charge in [-0.15, -0.1) is 0 Å². The molecular weight excluding hydrogens is 227 g/mol. The van der Waals surface area contributed by atoms with Crippen LogP contribution in [-0.2, 0) is 0 Å². The Morgan fingerprint density at radius 1 is 1.11 bits per heavy atom. The Balaban J connectivity index is 1.89. The predicted octanol–water partition coefficient (Wildman–Crippen LogP) is 5.07. The second-order valence-electron chi connectivity index (χ2n) is 5.33. The molecule has 0 unspecified atom stereocenters. The highest BCUT2D eigenvalue weighted by molar-refractivity contribution is 5.29. The fourth-order valence-corrected chi connectivity index (χ4v) is 3.09. The van der Waals surface area contributed by atoms with Crippen molar-refractivity contribution in [2.45, 2.75) is 51.4 Å². The molecule has 0 heterocycles. The monoisotopic (exact) mass is 250 g/mol. The zero-order chi connectivity index (χ0) is 12.8. The van der Waals surface area contributed by atoms with Crippen LogP contribution in [0.3, 0.4) is 0 Å². The number of ether oxygens (including phenoxy) is 1. The average molecular weight is 250 g/mol. The van der Waals surface area contributed by atoms with Crippen LogP contribution < -0.4 is 4.74 Å². The molecule has 0 amide bonds. The number of rotatable bonds is 5. The summed E-state index contributed by atoms with van der Waals surface area (Å²) in [4.78, 5) is 0. The first-order valence-corrected chi connectivity index (χ1v) is 7.12. The van der Waals surface area contributed by atoms with Crippen molar-refractivity contribution < 1.29 is 9.13 Å². The van der Waals surface area contributed by atoms with Crippen LogP contribution in [0.2, 0.25) is 0 Å². The molecule has 100 valence electrons. The van der Waals surface area contributed by atoms with E-state index in [-0.39, 0.29) is 0 Å². The van der Waals surface area contributed by atoms with Crippen LogP contribution in [-0.4, -0.2) is 6.86 Å². The molecule has 1 aliphatic rings. The van der Waals surface area contributed by atoms with Crippen molar-refractivity contribution in [1.82, 2.24) is 0 Å². The van der Waals surface area contributed by atoms with E-state index in [2.05, 4.69) is 19.1 Å². The molecule has 0 spiro atoms. The van der Waals surface area contributed by atoms with Crippen molar-refractivity contribution in [3.8, 4) is 5.75 Å². The van der Waals surface area contributed by atoms with Gasteiger partial charge in [0.2, 0.25) is 6.86 Å². The average Bonchev–Trinajstić information content (AvgIpc) is 2.41. The van der Waals surface area contributed by atoms with Gasteiger partial charge in [0.25, 0.3) is 0 Å². The minimum Gasteiger partial charge on any atom is -0.463 e. The number of hydrogen-bond acceptors (Lipinski definition) is 1. The maximum absolute atomic E-state index is 12.0. The highest BCUT2D eigenvalue weighted by Gasteiger charge is 2.21. The minimum absolute atomic E-state index is 0.626. The second-order valence-corrected chi connectivity index (χ2v) is 5.33. The molecule has 1 fully saturated rings.